The lowest BCUT2D eigenvalue weighted by molar-refractivity contribution is -0.163. The average molecular weight is 242 g/mol. The summed E-state index contributed by atoms with van der Waals surface area (Å²) in [7, 11) is 0. The molecule has 94 valence electrons. The highest BCUT2D eigenvalue weighted by Gasteiger charge is 2.48. The van der Waals surface area contributed by atoms with E-state index in [0.29, 0.717) is 18.6 Å². The molecule has 1 aliphatic rings. The Bertz CT molecular complexity index is 376. The van der Waals surface area contributed by atoms with Crippen molar-refractivity contribution < 1.29 is 18.6 Å². The van der Waals surface area contributed by atoms with Gasteiger partial charge in [-0.05, 0) is 31.9 Å². The zero-order chi connectivity index (χ0) is 12.5. The second kappa shape index (κ2) is 4.61. The maximum absolute atomic E-state index is 13.6. The second-order valence-corrected chi connectivity index (χ2v) is 4.57. The van der Waals surface area contributed by atoms with Crippen molar-refractivity contribution in [1.82, 2.24) is 0 Å². The maximum atomic E-state index is 13.6. The van der Waals surface area contributed by atoms with Crippen LogP contribution in [0.5, 0.6) is 5.75 Å². The van der Waals surface area contributed by atoms with E-state index < -0.39 is 18.1 Å². The quantitative estimate of drug-likeness (QED) is 0.864. The molecule has 0 aromatic heterocycles. The minimum absolute atomic E-state index is 0.222. The normalized spacial score (nSPS) is 27.8. The average Bonchev–Trinajstić information content (AvgIpc) is 2.26. The number of rotatable bonds is 2. The van der Waals surface area contributed by atoms with Crippen molar-refractivity contribution >= 4 is 0 Å². The molecule has 0 aliphatic heterocycles. The minimum Gasteiger partial charge on any atom is -0.481 e. The van der Waals surface area contributed by atoms with Crippen LogP contribution in [0, 0.1) is 6.92 Å². The van der Waals surface area contributed by atoms with Crippen molar-refractivity contribution in [2.24, 2.45) is 0 Å². The highest BCUT2D eigenvalue weighted by molar-refractivity contribution is 5.26. The predicted molar refractivity (Wildman–Crippen MR) is 60.4 cm³/mol. The van der Waals surface area contributed by atoms with E-state index in [1.807, 2.05) is 6.92 Å². The third kappa shape index (κ3) is 2.75. The van der Waals surface area contributed by atoms with Gasteiger partial charge in [-0.3, -0.25) is 0 Å². The van der Waals surface area contributed by atoms with E-state index >= 15 is 0 Å². The van der Waals surface area contributed by atoms with Crippen molar-refractivity contribution in [3.05, 3.63) is 29.8 Å². The van der Waals surface area contributed by atoms with Gasteiger partial charge < -0.3 is 9.84 Å². The standard InChI is InChI=1S/C13H16F2O2/c1-9-4-6-10(7-5-9)17-12-11(16)3-2-8-13(12,14)15/h4-7,11-12,16H,2-3,8H2,1H3/t11-,12+/m1/s1. The third-order valence-electron chi connectivity index (χ3n) is 3.06. The van der Waals surface area contributed by atoms with Crippen LogP contribution in [0.2, 0.25) is 0 Å². The molecule has 1 fully saturated rings. The van der Waals surface area contributed by atoms with E-state index in [-0.39, 0.29) is 6.42 Å². The molecule has 1 aromatic carbocycles. The third-order valence-corrected chi connectivity index (χ3v) is 3.06. The fourth-order valence-electron chi connectivity index (χ4n) is 2.05. The Morgan fingerprint density at radius 1 is 1.29 bits per heavy atom. The van der Waals surface area contributed by atoms with Crippen LogP contribution in [-0.4, -0.2) is 23.2 Å². The van der Waals surface area contributed by atoms with Crippen LogP contribution in [0.3, 0.4) is 0 Å². The molecule has 0 spiro atoms. The summed E-state index contributed by atoms with van der Waals surface area (Å²) < 4.78 is 32.4. The van der Waals surface area contributed by atoms with Gasteiger partial charge in [0, 0.05) is 6.42 Å². The Balaban J connectivity index is 2.12. The monoisotopic (exact) mass is 242 g/mol. The van der Waals surface area contributed by atoms with Crippen molar-refractivity contribution in [3.63, 3.8) is 0 Å². The summed E-state index contributed by atoms with van der Waals surface area (Å²) in [5.41, 5.74) is 1.04. The molecule has 1 saturated carbocycles. The van der Waals surface area contributed by atoms with Crippen molar-refractivity contribution in [2.45, 2.75) is 44.3 Å². The molecule has 0 heterocycles. The van der Waals surface area contributed by atoms with E-state index in [4.69, 9.17) is 4.74 Å². The molecule has 0 unspecified atom stereocenters. The second-order valence-electron chi connectivity index (χ2n) is 4.57. The van der Waals surface area contributed by atoms with Gasteiger partial charge in [-0.2, -0.15) is 0 Å². The Labute approximate surface area is 99.2 Å². The molecular formula is C13H16F2O2. The molecule has 17 heavy (non-hydrogen) atoms. The first-order valence-corrected chi connectivity index (χ1v) is 5.78. The highest BCUT2D eigenvalue weighted by Crippen LogP contribution is 2.36. The van der Waals surface area contributed by atoms with Crippen LogP contribution in [0.15, 0.2) is 24.3 Å². The number of aliphatic hydroxyl groups is 1. The largest absolute Gasteiger partial charge is 0.481 e. The van der Waals surface area contributed by atoms with Crippen molar-refractivity contribution in [1.29, 1.82) is 0 Å². The Kier molecular flexibility index (Phi) is 3.33. The minimum atomic E-state index is -2.96. The van der Waals surface area contributed by atoms with Gasteiger partial charge in [-0.15, -0.1) is 0 Å². The number of ether oxygens (including phenoxy) is 1. The molecule has 2 atom stereocenters. The molecule has 2 nitrogen and oxygen atoms in total. The zero-order valence-corrected chi connectivity index (χ0v) is 9.70. The molecule has 1 aliphatic carbocycles. The SMILES string of the molecule is Cc1ccc(O[C@H]2[C@H](O)CCCC2(F)F)cc1. The van der Waals surface area contributed by atoms with Gasteiger partial charge >= 0.3 is 0 Å². The Hall–Kier alpha value is -1.16. The van der Waals surface area contributed by atoms with Crippen molar-refractivity contribution in [2.75, 3.05) is 0 Å². The lowest BCUT2D eigenvalue weighted by atomic mass is 9.91. The maximum Gasteiger partial charge on any atom is 0.286 e. The van der Waals surface area contributed by atoms with Gasteiger partial charge in [0.05, 0.1) is 6.10 Å². The number of hydrogen-bond donors (Lipinski definition) is 1. The van der Waals surface area contributed by atoms with E-state index in [2.05, 4.69) is 0 Å². The predicted octanol–water partition coefficient (Wildman–Crippen LogP) is 2.92. The molecule has 2 rings (SSSR count). The summed E-state index contributed by atoms with van der Waals surface area (Å²) in [5, 5.41) is 9.62. The van der Waals surface area contributed by atoms with E-state index in [1.165, 1.54) is 0 Å². The van der Waals surface area contributed by atoms with Gasteiger partial charge in [-0.25, -0.2) is 8.78 Å². The van der Waals surface area contributed by atoms with Crippen LogP contribution >= 0.6 is 0 Å². The van der Waals surface area contributed by atoms with Crippen LogP contribution < -0.4 is 4.74 Å². The number of halogens is 2. The summed E-state index contributed by atoms with van der Waals surface area (Å²) in [6, 6.07) is 6.88. The Morgan fingerprint density at radius 2 is 1.94 bits per heavy atom. The molecular weight excluding hydrogens is 226 g/mol. The molecule has 0 bridgehead atoms. The lowest BCUT2D eigenvalue weighted by Gasteiger charge is -2.35. The van der Waals surface area contributed by atoms with Gasteiger partial charge in [0.15, 0.2) is 6.10 Å². The summed E-state index contributed by atoms with van der Waals surface area (Å²) >= 11 is 0. The van der Waals surface area contributed by atoms with Gasteiger partial charge in [0.1, 0.15) is 5.75 Å². The fourth-order valence-corrected chi connectivity index (χ4v) is 2.05. The first-order valence-electron chi connectivity index (χ1n) is 5.78. The molecule has 1 aromatic rings. The molecule has 1 N–H and O–H groups in total. The summed E-state index contributed by atoms with van der Waals surface area (Å²) in [4.78, 5) is 0. The van der Waals surface area contributed by atoms with E-state index in [1.54, 1.807) is 24.3 Å². The summed E-state index contributed by atoms with van der Waals surface area (Å²) in [6.07, 6.45) is -2.05. The van der Waals surface area contributed by atoms with Gasteiger partial charge in [0.25, 0.3) is 5.92 Å². The van der Waals surface area contributed by atoms with Crippen LogP contribution in [-0.2, 0) is 0 Å². The lowest BCUT2D eigenvalue weighted by Crippen LogP contribution is -2.50. The van der Waals surface area contributed by atoms with E-state index in [0.717, 1.165) is 5.56 Å². The number of alkyl halides is 2. The van der Waals surface area contributed by atoms with Crippen LogP contribution in [0.4, 0.5) is 8.78 Å². The number of aryl methyl sites for hydroxylation is 1. The van der Waals surface area contributed by atoms with E-state index in [9.17, 15) is 13.9 Å². The summed E-state index contributed by atoms with van der Waals surface area (Å²) in [5.74, 6) is -2.58. The number of hydrogen-bond acceptors (Lipinski definition) is 2. The van der Waals surface area contributed by atoms with Crippen LogP contribution in [0.25, 0.3) is 0 Å². The molecule has 0 saturated heterocycles. The first-order chi connectivity index (χ1) is 7.99. The Morgan fingerprint density at radius 3 is 2.53 bits per heavy atom. The number of aliphatic hydroxyl groups excluding tert-OH is 1. The highest BCUT2D eigenvalue weighted by atomic mass is 19.3. The molecule has 4 heteroatoms. The first kappa shape index (κ1) is 12.3. The molecule has 0 radical (unpaired) electrons. The van der Waals surface area contributed by atoms with Gasteiger partial charge in [-0.1, -0.05) is 17.7 Å². The fraction of sp³-hybridized carbons (Fsp3) is 0.538. The van der Waals surface area contributed by atoms with Crippen LogP contribution in [0.1, 0.15) is 24.8 Å². The zero-order valence-electron chi connectivity index (χ0n) is 9.70. The summed E-state index contributed by atoms with van der Waals surface area (Å²) in [6.45, 7) is 1.91. The van der Waals surface area contributed by atoms with Gasteiger partial charge in [0.2, 0.25) is 0 Å². The smallest absolute Gasteiger partial charge is 0.286 e. The topological polar surface area (TPSA) is 29.5 Å². The number of benzene rings is 1. The van der Waals surface area contributed by atoms with Crippen molar-refractivity contribution in [3.8, 4) is 5.75 Å². The molecule has 0 amide bonds.